The molecule has 0 amide bonds. The van der Waals surface area contributed by atoms with Crippen LogP contribution in [0, 0.1) is 0 Å². The van der Waals surface area contributed by atoms with Gasteiger partial charge in [-0.15, -0.1) is 0 Å². The third-order valence-electron chi connectivity index (χ3n) is 1.40. The lowest BCUT2D eigenvalue weighted by molar-refractivity contribution is -0.140. The first kappa shape index (κ1) is 13.9. The summed E-state index contributed by atoms with van der Waals surface area (Å²) in [5, 5.41) is 22.7. The van der Waals surface area contributed by atoms with Crippen molar-refractivity contribution in [3.63, 3.8) is 0 Å². The number of esters is 2. The number of carbonyl (C=O) groups excluding carboxylic acids is 2. The number of rotatable bonds is 5. The first-order valence-corrected chi connectivity index (χ1v) is 4.20. The molecule has 0 aromatic rings. The predicted octanol–water partition coefficient (Wildman–Crippen LogP) is -0.227. The van der Waals surface area contributed by atoms with Gasteiger partial charge in [0.1, 0.15) is 24.6 Å². The third-order valence-corrected chi connectivity index (χ3v) is 1.40. The van der Waals surface area contributed by atoms with Gasteiger partial charge in [-0.05, 0) is 0 Å². The summed E-state index contributed by atoms with van der Waals surface area (Å²) in [6.07, 6.45) is 0. The van der Waals surface area contributed by atoms with Crippen molar-refractivity contribution in [2.45, 2.75) is 13.8 Å². The molecule has 90 valence electrons. The summed E-state index contributed by atoms with van der Waals surface area (Å²) >= 11 is 0. The predicted molar refractivity (Wildman–Crippen MR) is 51.7 cm³/mol. The topological polar surface area (TPSA) is 118 Å². The Labute approximate surface area is 91.1 Å². The Balaban J connectivity index is 4.42. The fraction of sp³-hybridized carbons (Fsp3) is 0.500. The summed E-state index contributed by atoms with van der Waals surface area (Å²) in [6.45, 7) is 1.56. The Kier molecular flexibility index (Phi) is 6.25. The minimum Gasteiger partial charge on any atom is -0.459 e. The normalized spacial score (nSPS) is 12.1. The largest absolute Gasteiger partial charge is 0.459 e. The van der Waals surface area contributed by atoms with Gasteiger partial charge in [-0.25, -0.2) is 0 Å². The summed E-state index contributed by atoms with van der Waals surface area (Å²) < 4.78 is 9.04. The second kappa shape index (κ2) is 7.21. The highest BCUT2D eigenvalue weighted by molar-refractivity contribution is 6.43. The first-order valence-electron chi connectivity index (χ1n) is 4.20. The average molecular weight is 232 g/mol. The summed E-state index contributed by atoms with van der Waals surface area (Å²) in [6, 6.07) is 0. The van der Waals surface area contributed by atoms with Crippen molar-refractivity contribution in [2.75, 3.05) is 13.2 Å². The zero-order valence-electron chi connectivity index (χ0n) is 8.84. The lowest BCUT2D eigenvalue weighted by Gasteiger charge is -2.06. The average Bonchev–Trinajstić information content (AvgIpc) is 2.22. The van der Waals surface area contributed by atoms with Crippen LogP contribution in [0.15, 0.2) is 10.3 Å². The molecule has 0 saturated carbocycles. The van der Waals surface area contributed by atoms with E-state index in [2.05, 4.69) is 19.8 Å². The van der Waals surface area contributed by atoms with Gasteiger partial charge >= 0.3 is 11.9 Å². The lowest BCUT2D eigenvalue weighted by atomic mass is 10.2. The number of carbonyl (C=O) groups is 2. The number of hydrogen-bond donors (Lipinski definition) is 2. The molecule has 0 fully saturated rings. The van der Waals surface area contributed by atoms with Gasteiger partial charge in [0.25, 0.3) is 0 Å². The van der Waals surface area contributed by atoms with E-state index in [0.29, 0.717) is 0 Å². The second-order valence-electron chi connectivity index (χ2n) is 2.65. The van der Waals surface area contributed by atoms with Crippen LogP contribution in [-0.4, -0.2) is 47.0 Å². The Morgan fingerprint density at radius 1 is 0.938 bits per heavy atom. The molecule has 0 heterocycles. The van der Waals surface area contributed by atoms with Crippen LogP contribution in [0.1, 0.15) is 13.8 Å². The summed E-state index contributed by atoms with van der Waals surface area (Å²) in [5.74, 6) is -1.18. The number of ether oxygens (including phenoxy) is 2. The highest BCUT2D eigenvalue weighted by Crippen LogP contribution is 1.91. The minimum atomic E-state index is -0.592. The van der Waals surface area contributed by atoms with Crippen molar-refractivity contribution < 1.29 is 29.5 Å². The van der Waals surface area contributed by atoms with E-state index < -0.39 is 11.9 Å². The third kappa shape index (κ3) is 5.58. The Morgan fingerprint density at radius 2 is 1.25 bits per heavy atom. The quantitative estimate of drug-likeness (QED) is 0.292. The zero-order valence-corrected chi connectivity index (χ0v) is 8.84. The van der Waals surface area contributed by atoms with Crippen LogP contribution < -0.4 is 0 Å². The van der Waals surface area contributed by atoms with Gasteiger partial charge in [0.2, 0.25) is 0 Å². The molecule has 0 spiro atoms. The van der Waals surface area contributed by atoms with Crippen molar-refractivity contribution in [1.29, 1.82) is 0 Å². The molecule has 0 rings (SSSR count). The highest BCUT2D eigenvalue weighted by atomic mass is 16.5. The fourth-order valence-electron chi connectivity index (χ4n) is 0.680. The standard InChI is InChI=1S/C8H12N2O6/c1-5(11)15-3-7(9-13)8(10-14)4-16-6(2)12/h13-14H,3-4H2,1-2H3/b9-7+,10-8+. The molecule has 0 saturated heterocycles. The van der Waals surface area contributed by atoms with Crippen molar-refractivity contribution >= 4 is 23.4 Å². The van der Waals surface area contributed by atoms with E-state index in [1.807, 2.05) is 0 Å². The smallest absolute Gasteiger partial charge is 0.303 e. The highest BCUT2D eigenvalue weighted by Gasteiger charge is 2.14. The van der Waals surface area contributed by atoms with Gasteiger partial charge in [0, 0.05) is 13.8 Å². The maximum absolute atomic E-state index is 10.5. The first-order chi connectivity index (χ1) is 7.51. The molecule has 2 N–H and O–H groups in total. The van der Waals surface area contributed by atoms with E-state index in [4.69, 9.17) is 10.4 Å². The maximum Gasteiger partial charge on any atom is 0.303 e. The van der Waals surface area contributed by atoms with E-state index in [-0.39, 0.29) is 24.6 Å². The van der Waals surface area contributed by atoms with E-state index in [1.165, 1.54) is 0 Å². The second-order valence-corrected chi connectivity index (χ2v) is 2.65. The molecule has 0 aliphatic carbocycles. The van der Waals surface area contributed by atoms with Gasteiger partial charge in [-0.3, -0.25) is 9.59 Å². The van der Waals surface area contributed by atoms with Crippen molar-refractivity contribution in [3.05, 3.63) is 0 Å². The molecule has 0 aliphatic rings. The minimum absolute atomic E-state index is 0.209. The van der Waals surface area contributed by atoms with Gasteiger partial charge in [-0.1, -0.05) is 10.3 Å². The summed E-state index contributed by atoms with van der Waals surface area (Å²) in [5.41, 5.74) is -0.419. The molecule has 0 unspecified atom stereocenters. The number of nitrogens with zero attached hydrogens (tertiary/aromatic N) is 2. The van der Waals surface area contributed by atoms with Crippen LogP contribution in [0.4, 0.5) is 0 Å². The molecular weight excluding hydrogens is 220 g/mol. The van der Waals surface area contributed by atoms with Gasteiger partial charge in [0.15, 0.2) is 0 Å². The van der Waals surface area contributed by atoms with Crippen molar-refractivity contribution in [2.24, 2.45) is 10.3 Å². The Morgan fingerprint density at radius 3 is 1.44 bits per heavy atom. The van der Waals surface area contributed by atoms with Gasteiger partial charge in [-0.2, -0.15) is 0 Å². The van der Waals surface area contributed by atoms with Crippen molar-refractivity contribution in [1.82, 2.24) is 0 Å². The van der Waals surface area contributed by atoms with E-state index in [9.17, 15) is 9.59 Å². The number of hydrogen-bond acceptors (Lipinski definition) is 8. The van der Waals surface area contributed by atoms with E-state index in [0.717, 1.165) is 13.8 Å². The zero-order chi connectivity index (χ0) is 12.6. The van der Waals surface area contributed by atoms with Crippen molar-refractivity contribution in [3.8, 4) is 0 Å². The summed E-state index contributed by atoms with van der Waals surface area (Å²) in [7, 11) is 0. The van der Waals surface area contributed by atoms with E-state index >= 15 is 0 Å². The molecule has 0 radical (unpaired) electrons. The van der Waals surface area contributed by atoms with Crippen LogP contribution in [0.3, 0.4) is 0 Å². The Hall–Kier alpha value is -2.12. The maximum atomic E-state index is 10.5. The monoisotopic (exact) mass is 232 g/mol. The molecular formula is C8H12N2O6. The molecule has 0 aromatic heterocycles. The van der Waals surface area contributed by atoms with Crippen LogP contribution in [-0.2, 0) is 19.1 Å². The molecule has 8 heteroatoms. The molecule has 16 heavy (non-hydrogen) atoms. The van der Waals surface area contributed by atoms with Crippen LogP contribution in [0.5, 0.6) is 0 Å². The van der Waals surface area contributed by atoms with Crippen LogP contribution in [0.2, 0.25) is 0 Å². The molecule has 8 nitrogen and oxygen atoms in total. The Bertz CT molecular complexity index is 290. The van der Waals surface area contributed by atoms with Crippen LogP contribution in [0.25, 0.3) is 0 Å². The van der Waals surface area contributed by atoms with Gasteiger partial charge in [0.05, 0.1) is 0 Å². The fourth-order valence-corrected chi connectivity index (χ4v) is 0.680. The van der Waals surface area contributed by atoms with Gasteiger partial charge < -0.3 is 19.9 Å². The lowest BCUT2D eigenvalue weighted by Crippen LogP contribution is -2.26. The van der Waals surface area contributed by atoms with E-state index in [1.54, 1.807) is 0 Å². The molecule has 0 aromatic carbocycles. The molecule has 0 bridgehead atoms. The number of oxime groups is 2. The summed E-state index contributed by atoms with van der Waals surface area (Å²) in [4.78, 5) is 21.0. The molecule has 0 aliphatic heterocycles. The molecule has 0 atom stereocenters. The van der Waals surface area contributed by atoms with Crippen LogP contribution >= 0.6 is 0 Å². The SMILES string of the molecule is CC(=O)OCC(=N\O)/C(COC(C)=O)=N/O.